The van der Waals surface area contributed by atoms with Crippen LogP contribution in [0.4, 0.5) is 4.79 Å². The van der Waals surface area contributed by atoms with E-state index in [0.29, 0.717) is 51.5 Å². The van der Waals surface area contributed by atoms with Crippen molar-refractivity contribution in [1.82, 2.24) is 20.9 Å². The van der Waals surface area contributed by atoms with E-state index in [-0.39, 0.29) is 23.5 Å². The van der Waals surface area contributed by atoms with E-state index in [0.717, 1.165) is 44.9 Å². The molecule has 3 aliphatic carbocycles. The Morgan fingerprint density at radius 3 is 2.26 bits per heavy atom. The van der Waals surface area contributed by atoms with Gasteiger partial charge >= 0.3 is 12.0 Å². The smallest absolute Gasteiger partial charge is 0.329 e. The third kappa shape index (κ3) is 8.17. The number of hydrogen-bond donors (Lipinski definition) is 4. The van der Waals surface area contributed by atoms with E-state index in [2.05, 4.69) is 22.9 Å². The van der Waals surface area contributed by atoms with Crippen molar-refractivity contribution < 1.29 is 32.7 Å². The number of unbranched alkanes of at least 4 members (excludes halogenated alkanes) is 5. The highest BCUT2D eigenvalue weighted by Crippen LogP contribution is 2.47. The number of aliphatic carboxylic acids is 1. The molecule has 11 nitrogen and oxygen atoms in total. The summed E-state index contributed by atoms with van der Waals surface area (Å²) in [7, 11) is -3.29. The van der Waals surface area contributed by atoms with Crippen molar-refractivity contribution in [3.63, 3.8) is 0 Å². The average molecular weight is 611 g/mol. The van der Waals surface area contributed by atoms with Gasteiger partial charge in [0, 0.05) is 6.54 Å². The number of carbonyl (C=O) groups excluding carboxylic acids is 3. The van der Waals surface area contributed by atoms with Crippen LogP contribution in [0.1, 0.15) is 116 Å². The number of hydrogen-bond acceptors (Lipinski definition) is 6. The van der Waals surface area contributed by atoms with E-state index in [1.165, 1.54) is 24.2 Å². The number of nitrogens with zero attached hydrogens (tertiary/aromatic N) is 1. The van der Waals surface area contributed by atoms with E-state index in [4.69, 9.17) is 0 Å². The fourth-order valence-corrected chi connectivity index (χ4v) is 9.19. The Morgan fingerprint density at radius 1 is 0.905 bits per heavy atom. The van der Waals surface area contributed by atoms with Gasteiger partial charge in [0.1, 0.15) is 11.6 Å². The maximum atomic E-state index is 13.2. The standard InChI is InChI=1S/C30H50N4O7S/c1-2-3-4-5-6-8-12-22-19-30(22,27(37)38)32-26(36)24-13-11-18-34(24)25(35)20-31-28(39)33-29(16-9-7-10-17-29)21-42(40,41)23-14-15-23/h22-24H,2-21H2,1H3,(H,32,36)(H,37,38)(H2,31,33,39)/t22?,24-,30+/m0/s1. The molecule has 4 rings (SSSR count). The number of urea groups is 1. The van der Waals surface area contributed by atoms with E-state index in [9.17, 15) is 32.7 Å². The second-order valence-corrected chi connectivity index (χ2v) is 15.4. The van der Waals surface area contributed by atoms with Crippen molar-refractivity contribution in [2.75, 3.05) is 18.8 Å². The van der Waals surface area contributed by atoms with Gasteiger partial charge in [0.25, 0.3) is 0 Å². The lowest BCUT2D eigenvalue weighted by atomic mass is 9.83. The lowest BCUT2D eigenvalue weighted by Gasteiger charge is -2.38. The Morgan fingerprint density at radius 2 is 1.60 bits per heavy atom. The second-order valence-electron chi connectivity index (χ2n) is 13.1. The zero-order valence-corrected chi connectivity index (χ0v) is 25.9. The maximum absolute atomic E-state index is 13.2. The van der Waals surface area contributed by atoms with Crippen LogP contribution in [-0.4, -0.2) is 83.5 Å². The van der Waals surface area contributed by atoms with Gasteiger partial charge in [0.15, 0.2) is 9.84 Å². The monoisotopic (exact) mass is 610 g/mol. The molecule has 0 aromatic carbocycles. The predicted octanol–water partition coefficient (Wildman–Crippen LogP) is 3.27. The Kier molecular flexibility index (Phi) is 10.8. The van der Waals surface area contributed by atoms with Crippen LogP contribution in [0, 0.1) is 5.92 Å². The Balaban J connectivity index is 1.26. The van der Waals surface area contributed by atoms with Crippen LogP contribution >= 0.6 is 0 Å². The molecule has 0 radical (unpaired) electrons. The summed E-state index contributed by atoms with van der Waals surface area (Å²) in [5, 5.41) is 17.9. The van der Waals surface area contributed by atoms with Crippen molar-refractivity contribution in [2.24, 2.45) is 5.92 Å². The number of carboxylic acids is 1. The summed E-state index contributed by atoms with van der Waals surface area (Å²) in [6.45, 7) is 2.19. The Hall–Kier alpha value is -2.37. The fourth-order valence-electron chi connectivity index (χ4n) is 6.97. The summed E-state index contributed by atoms with van der Waals surface area (Å²) in [6, 6.07) is -1.36. The molecule has 4 fully saturated rings. The molecule has 3 atom stereocenters. The quantitative estimate of drug-likeness (QED) is 0.195. The van der Waals surface area contributed by atoms with Crippen molar-refractivity contribution >= 4 is 33.7 Å². The van der Waals surface area contributed by atoms with Crippen molar-refractivity contribution in [3.05, 3.63) is 0 Å². The molecule has 4 aliphatic rings. The summed E-state index contributed by atoms with van der Waals surface area (Å²) >= 11 is 0. The van der Waals surface area contributed by atoms with Gasteiger partial charge in [0.2, 0.25) is 11.8 Å². The van der Waals surface area contributed by atoms with E-state index in [1.54, 1.807) is 0 Å². The normalized spacial score (nSPS) is 26.8. The highest BCUT2D eigenvalue weighted by Gasteiger charge is 2.61. The molecular formula is C30H50N4O7S. The Bertz CT molecular complexity index is 1100. The van der Waals surface area contributed by atoms with Gasteiger partial charge in [-0.15, -0.1) is 0 Å². The zero-order chi connectivity index (χ0) is 30.4. The molecule has 238 valence electrons. The molecule has 3 saturated carbocycles. The van der Waals surface area contributed by atoms with Crippen LogP contribution in [0.5, 0.6) is 0 Å². The van der Waals surface area contributed by atoms with Gasteiger partial charge in [0.05, 0.1) is 23.1 Å². The largest absolute Gasteiger partial charge is 0.479 e. The molecule has 1 saturated heterocycles. The first-order valence-electron chi connectivity index (χ1n) is 16.1. The summed E-state index contributed by atoms with van der Waals surface area (Å²) in [5.41, 5.74) is -2.09. The van der Waals surface area contributed by atoms with Crippen LogP contribution in [0.25, 0.3) is 0 Å². The molecule has 0 aromatic rings. The minimum Gasteiger partial charge on any atom is -0.479 e. The van der Waals surface area contributed by atoms with E-state index in [1.807, 2.05) is 0 Å². The second kappa shape index (κ2) is 13.9. The highest BCUT2D eigenvalue weighted by atomic mass is 32.2. The summed E-state index contributed by atoms with van der Waals surface area (Å²) in [5.74, 6) is -2.08. The summed E-state index contributed by atoms with van der Waals surface area (Å²) in [6.07, 6.45) is 14.1. The summed E-state index contributed by atoms with van der Waals surface area (Å²) < 4.78 is 25.5. The predicted molar refractivity (Wildman–Crippen MR) is 159 cm³/mol. The van der Waals surface area contributed by atoms with E-state index < -0.39 is 50.8 Å². The van der Waals surface area contributed by atoms with E-state index >= 15 is 0 Å². The lowest BCUT2D eigenvalue weighted by Crippen LogP contribution is -2.58. The molecule has 4 N–H and O–H groups in total. The molecule has 1 unspecified atom stereocenters. The molecule has 0 spiro atoms. The van der Waals surface area contributed by atoms with Crippen molar-refractivity contribution in [1.29, 1.82) is 0 Å². The number of carboxylic acid groups (broad SMARTS) is 1. The Labute approximate surface area is 250 Å². The van der Waals surface area contributed by atoms with Crippen LogP contribution in [-0.2, 0) is 24.2 Å². The minimum atomic E-state index is -3.29. The molecule has 1 aliphatic heterocycles. The lowest BCUT2D eigenvalue weighted by molar-refractivity contribution is -0.145. The minimum absolute atomic E-state index is 0.0778. The highest BCUT2D eigenvalue weighted by molar-refractivity contribution is 7.92. The number of amides is 4. The average Bonchev–Trinajstić information content (AvgIpc) is 3.86. The zero-order valence-electron chi connectivity index (χ0n) is 25.1. The molecule has 0 aromatic heterocycles. The fraction of sp³-hybridized carbons (Fsp3) is 0.867. The third-order valence-electron chi connectivity index (χ3n) is 9.71. The van der Waals surface area contributed by atoms with Gasteiger partial charge in [-0.1, -0.05) is 64.7 Å². The van der Waals surface area contributed by atoms with Gasteiger partial charge in [-0.3, -0.25) is 9.59 Å². The first-order chi connectivity index (χ1) is 20.0. The first-order valence-corrected chi connectivity index (χ1v) is 17.9. The molecule has 1 heterocycles. The van der Waals surface area contributed by atoms with Gasteiger partial charge in [-0.05, 0) is 57.3 Å². The molecule has 4 amide bonds. The van der Waals surface area contributed by atoms with Crippen molar-refractivity contribution in [2.45, 2.75) is 138 Å². The SMILES string of the molecule is CCCCCCCCC1C[C@]1(NC(=O)[C@@H]1CCCN1C(=O)CNC(=O)NC1(CS(=O)(=O)C2CC2)CCCCC1)C(=O)O. The maximum Gasteiger partial charge on any atom is 0.329 e. The summed E-state index contributed by atoms with van der Waals surface area (Å²) in [4.78, 5) is 52.7. The number of nitrogens with one attached hydrogen (secondary N) is 3. The number of likely N-dealkylation sites (tertiary alicyclic amines) is 1. The van der Waals surface area contributed by atoms with Crippen LogP contribution < -0.4 is 16.0 Å². The molecule has 12 heteroatoms. The topological polar surface area (TPSA) is 162 Å². The number of sulfone groups is 1. The van der Waals surface area contributed by atoms with Crippen LogP contribution in [0.15, 0.2) is 0 Å². The van der Waals surface area contributed by atoms with Crippen LogP contribution in [0.2, 0.25) is 0 Å². The van der Waals surface area contributed by atoms with Crippen LogP contribution in [0.3, 0.4) is 0 Å². The number of rotatable bonds is 16. The molecule has 0 bridgehead atoms. The first kappa shape index (κ1) is 32.5. The molecule has 42 heavy (non-hydrogen) atoms. The van der Waals surface area contributed by atoms with Gasteiger partial charge < -0.3 is 26.0 Å². The third-order valence-corrected chi connectivity index (χ3v) is 12.2. The number of carbonyl (C=O) groups is 4. The van der Waals surface area contributed by atoms with Crippen molar-refractivity contribution in [3.8, 4) is 0 Å². The van der Waals surface area contributed by atoms with Gasteiger partial charge in [-0.25, -0.2) is 18.0 Å². The molecular weight excluding hydrogens is 560 g/mol. The van der Waals surface area contributed by atoms with Gasteiger partial charge in [-0.2, -0.15) is 0 Å².